The third-order valence-electron chi connectivity index (χ3n) is 8.24. The number of benzene rings is 1. The Morgan fingerprint density at radius 2 is 1.75 bits per heavy atom. The number of hydrogen-bond acceptors (Lipinski definition) is 5. The van der Waals surface area contributed by atoms with Crippen molar-refractivity contribution in [2.75, 3.05) is 7.11 Å². The predicted octanol–water partition coefficient (Wildman–Crippen LogP) is 5.85. The van der Waals surface area contributed by atoms with Gasteiger partial charge in [0.25, 0.3) is 0 Å². The van der Waals surface area contributed by atoms with Crippen LogP contribution in [0.3, 0.4) is 0 Å². The molecule has 10 heteroatoms. The molecular formula is C30H38F3N3O4. The summed E-state index contributed by atoms with van der Waals surface area (Å²) in [6.45, 7) is 5.75. The maximum Gasteiger partial charge on any atom is 0.417 e. The molecule has 0 radical (unpaired) electrons. The van der Waals surface area contributed by atoms with Crippen LogP contribution in [-0.2, 0) is 22.3 Å². The number of alkyl halides is 3. The highest BCUT2D eigenvalue weighted by Crippen LogP contribution is 2.49. The summed E-state index contributed by atoms with van der Waals surface area (Å²) in [6.07, 6.45) is 0.474. The van der Waals surface area contributed by atoms with Crippen LogP contribution in [0.15, 0.2) is 42.6 Å². The van der Waals surface area contributed by atoms with Crippen molar-refractivity contribution in [3.05, 3.63) is 59.3 Å². The number of carbonyl (C=O) groups excluding carboxylic acids is 1. The fourth-order valence-electron chi connectivity index (χ4n) is 6.48. The average molecular weight is 562 g/mol. The van der Waals surface area contributed by atoms with Crippen molar-refractivity contribution in [3.8, 4) is 5.88 Å². The highest BCUT2D eigenvalue weighted by atomic mass is 19.4. The summed E-state index contributed by atoms with van der Waals surface area (Å²) in [5.74, 6) is -2.01. The molecule has 40 heavy (non-hydrogen) atoms. The minimum atomic E-state index is -4.58. The SMILES string of the molecule is COc1ncc(C(F)(F)F)cc1CN[C@H]1[C@H](C(C)(C)C)[C@@H](C(=O)O)N(C(=O)C2CCCCC2)[C@H]1c1ccccc1. The summed E-state index contributed by atoms with van der Waals surface area (Å²) in [7, 11) is 1.34. The third kappa shape index (κ3) is 6.11. The van der Waals surface area contributed by atoms with Gasteiger partial charge in [0.05, 0.1) is 18.7 Å². The van der Waals surface area contributed by atoms with Gasteiger partial charge in [0.1, 0.15) is 6.04 Å². The molecule has 0 bridgehead atoms. The number of carboxylic acids is 1. The first-order valence-corrected chi connectivity index (χ1v) is 13.8. The van der Waals surface area contributed by atoms with E-state index >= 15 is 0 Å². The molecule has 2 heterocycles. The zero-order chi connectivity index (χ0) is 29.2. The number of nitrogens with one attached hydrogen (secondary N) is 1. The van der Waals surface area contributed by atoms with E-state index in [1.54, 1.807) is 4.90 Å². The molecule has 1 aromatic carbocycles. The van der Waals surface area contributed by atoms with Crippen molar-refractivity contribution in [2.24, 2.45) is 17.3 Å². The van der Waals surface area contributed by atoms with E-state index < -0.39 is 47.2 Å². The monoisotopic (exact) mass is 561 g/mol. The maximum atomic E-state index is 14.1. The summed E-state index contributed by atoms with van der Waals surface area (Å²) in [6, 6.07) is 7.96. The van der Waals surface area contributed by atoms with Gasteiger partial charge in [-0.3, -0.25) is 4.79 Å². The van der Waals surface area contributed by atoms with Crippen LogP contribution in [0.2, 0.25) is 0 Å². The number of pyridine rings is 1. The van der Waals surface area contributed by atoms with Crippen LogP contribution in [-0.4, -0.2) is 46.1 Å². The number of hydrogen-bond donors (Lipinski definition) is 2. The Kier molecular flexibility index (Phi) is 8.77. The average Bonchev–Trinajstić information content (AvgIpc) is 3.28. The van der Waals surface area contributed by atoms with E-state index in [0.717, 1.165) is 37.1 Å². The summed E-state index contributed by atoms with van der Waals surface area (Å²) >= 11 is 0. The quantitative estimate of drug-likeness (QED) is 0.441. The molecule has 218 valence electrons. The number of amides is 1. The number of aliphatic carboxylic acids is 1. The third-order valence-corrected chi connectivity index (χ3v) is 8.24. The Labute approximate surface area is 233 Å². The van der Waals surface area contributed by atoms with Gasteiger partial charge in [-0.1, -0.05) is 70.4 Å². The standard InChI is InChI=1S/C30H38F3N3O4/c1-29(2,3)22-23(34-16-20-15-21(30(31,32)33)17-35-26(20)40-4)24(18-11-7-5-8-12-18)36(25(22)28(38)39)27(37)19-13-9-6-10-14-19/h5,7-8,11-12,15,17,19,22-25,34H,6,9-10,13-14,16H2,1-4H3,(H,38,39)/t22-,23-,24-,25-/m0/s1. The van der Waals surface area contributed by atoms with Gasteiger partial charge in [-0.05, 0) is 29.9 Å². The molecule has 1 saturated carbocycles. The van der Waals surface area contributed by atoms with Crippen LogP contribution in [0, 0.1) is 17.3 Å². The fraction of sp³-hybridized carbons (Fsp3) is 0.567. The molecule has 7 nitrogen and oxygen atoms in total. The van der Waals surface area contributed by atoms with Crippen LogP contribution in [0.5, 0.6) is 5.88 Å². The normalized spacial score (nSPS) is 24.2. The molecule has 4 atom stereocenters. The van der Waals surface area contributed by atoms with Gasteiger partial charge in [-0.2, -0.15) is 13.2 Å². The molecule has 2 aliphatic rings. The number of carboxylic acid groups (broad SMARTS) is 1. The zero-order valence-corrected chi connectivity index (χ0v) is 23.4. The fourth-order valence-corrected chi connectivity index (χ4v) is 6.48. The molecule has 2 fully saturated rings. The first-order chi connectivity index (χ1) is 18.8. The summed E-state index contributed by atoms with van der Waals surface area (Å²) in [5.41, 5.74) is -0.496. The molecule has 2 aromatic rings. The molecule has 0 unspecified atom stereocenters. The minimum absolute atomic E-state index is 0.0481. The Morgan fingerprint density at radius 1 is 1.10 bits per heavy atom. The number of likely N-dealkylation sites (tertiary alicyclic amines) is 1. The Balaban J connectivity index is 1.81. The molecule has 1 aliphatic carbocycles. The number of methoxy groups -OCH3 is 1. The van der Waals surface area contributed by atoms with Gasteiger partial charge in [-0.25, -0.2) is 9.78 Å². The van der Waals surface area contributed by atoms with Crippen LogP contribution in [0.1, 0.15) is 75.6 Å². The number of carbonyl (C=O) groups is 2. The molecule has 1 amide bonds. The van der Waals surface area contributed by atoms with Gasteiger partial charge in [0.2, 0.25) is 11.8 Å². The van der Waals surface area contributed by atoms with Crippen LogP contribution >= 0.6 is 0 Å². The topological polar surface area (TPSA) is 91.8 Å². The van der Waals surface area contributed by atoms with E-state index in [2.05, 4.69) is 10.3 Å². The lowest BCUT2D eigenvalue weighted by Crippen LogP contribution is -2.49. The first-order valence-electron chi connectivity index (χ1n) is 13.8. The van der Waals surface area contributed by atoms with Crippen molar-refractivity contribution in [2.45, 2.75) is 83.7 Å². The molecular weight excluding hydrogens is 523 g/mol. The van der Waals surface area contributed by atoms with Crippen molar-refractivity contribution in [1.29, 1.82) is 0 Å². The smallest absolute Gasteiger partial charge is 0.417 e. The van der Waals surface area contributed by atoms with Gasteiger partial charge in [0, 0.05) is 36.2 Å². The zero-order valence-electron chi connectivity index (χ0n) is 23.4. The van der Waals surface area contributed by atoms with E-state index in [9.17, 15) is 27.9 Å². The van der Waals surface area contributed by atoms with Crippen molar-refractivity contribution >= 4 is 11.9 Å². The molecule has 1 aliphatic heterocycles. The molecule has 1 aromatic heterocycles. The Morgan fingerprint density at radius 3 is 2.30 bits per heavy atom. The van der Waals surface area contributed by atoms with E-state index in [1.165, 1.54) is 7.11 Å². The number of aromatic nitrogens is 1. The Bertz CT molecular complexity index is 1190. The summed E-state index contributed by atoms with van der Waals surface area (Å²) in [4.78, 5) is 32.5. The predicted molar refractivity (Wildman–Crippen MR) is 143 cm³/mol. The van der Waals surface area contributed by atoms with Crippen molar-refractivity contribution in [3.63, 3.8) is 0 Å². The van der Waals surface area contributed by atoms with E-state index in [0.29, 0.717) is 12.8 Å². The number of rotatable bonds is 7. The number of nitrogens with zero attached hydrogens (tertiary/aromatic N) is 2. The molecule has 1 saturated heterocycles. The minimum Gasteiger partial charge on any atom is -0.481 e. The van der Waals surface area contributed by atoms with E-state index in [4.69, 9.17) is 4.74 Å². The van der Waals surface area contributed by atoms with Gasteiger partial charge < -0.3 is 20.1 Å². The number of halogens is 3. The van der Waals surface area contributed by atoms with E-state index in [1.807, 2.05) is 51.1 Å². The van der Waals surface area contributed by atoms with E-state index in [-0.39, 0.29) is 29.8 Å². The van der Waals surface area contributed by atoms with Gasteiger partial charge in [0.15, 0.2) is 0 Å². The largest absolute Gasteiger partial charge is 0.481 e. The first kappa shape index (κ1) is 29.8. The molecule has 0 spiro atoms. The van der Waals surface area contributed by atoms with Crippen LogP contribution < -0.4 is 10.1 Å². The highest BCUT2D eigenvalue weighted by molar-refractivity contribution is 5.87. The second-order valence-electron chi connectivity index (χ2n) is 11.9. The van der Waals surface area contributed by atoms with Crippen molar-refractivity contribution < 1.29 is 32.6 Å². The molecule has 2 N–H and O–H groups in total. The summed E-state index contributed by atoms with van der Waals surface area (Å²) in [5, 5.41) is 13.9. The highest BCUT2D eigenvalue weighted by Gasteiger charge is 2.58. The second-order valence-corrected chi connectivity index (χ2v) is 11.9. The Hall–Kier alpha value is -3.14. The van der Waals surface area contributed by atoms with Gasteiger partial charge in [-0.15, -0.1) is 0 Å². The lowest BCUT2D eigenvalue weighted by molar-refractivity contribution is -0.154. The summed E-state index contributed by atoms with van der Waals surface area (Å²) < 4.78 is 45.7. The van der Waals surface area contributed by atoms with Crippen molar-refractivity contribution in [1.82, 2.24) is 15.2 Å². The lowest BCUT2D eigenvalue weighted by atomic mass is 9.72. The van der Waals surface area contributed by atoms with Crippen LogP contribution in [0.25, 0.3) is 0 Å². The number of ether oxygens (including phenoxy) is 1. The maximum absolute atomic E-state index is 14.1. The second kappa shape index (κ2) is 11.8. The molecule has 4 rings (SSSR count). The van der Waals surface area contributed by atoms with Gasteiger partial charge >= 0.3 is 12.1 Å². The van der Waals surface area contributed by atoms with Crippen LogP contribution in [0.4, 0.5) is 13.2 Å². The lowest BCUT2D eigenvalue weighted by Gasteiger charge is -2.36.